The minimum Gasteiger partial charge on any atom is -0.468 e. The second kappa shape index (κ2) is 6.42. The zero-order chi connectivity index (χ0) is 18.4. The first kappa shape index (κ1) is 18.4. The quantitative estimate of drug-likeness (QED) is 0.618. The molecule has 3 rings (SSSR count). The van der Waals surface area contributed by atoms with Gasteiger partial charge in [-0.1, -0.05) is 12.1 Å². The first-order valence-corrected chi connectivity index (χ1v) is 8.90. The van der Waals surface area contributed by atoms with E-state index in [-0.39, 0.29) is 24.3 Å². The van der Waals surface area contributed by atoms with E-state index in [0.717, 1.165) is 25.0 Å². The van der Waals surface area contributed by atoms with Crippen molar-refractivity contribution >= 4 is 18.6 Å². The van der Waals surface area contributed by atoms with Crippen LogP contribution in [0.25, 0.3) is 0 Å². The lowest BCUT2D eigenvalue weighted by atomic mass is 9.75. The number of rotatable bonds is 3. The Hall–Kier alpha value is -1.37. The largest absolute Gasteiger partial charge is 0.494 e. The molecule has 0 saturated carbocycles. The lowest BCUT2D eigenvalue weighted by molar-refractivity contribution is -0.142. The topological polar surface area (TPSA) is 48.0 Å². The fourth-order valence-corrected chi connectivity index (χ4v) is 3.51. The number of hydrogen-bond donors (Lipinski definition) is 0. The third kappa shape index (κ3) is 3.48. The highest BCUT2D eigenvalue weighted by Crippen LogP contribution is 2.36. The van der Waals surface area contributed by atoms with Crippen LogP contribution in [0.2, 0.25) is 0 Å². The molecule has 25 heavy (non-hydrogen) atoms. The number of benzene rings is 1. The second-order valence-corrected chi connectivity index (χ2v) is 8.10. The minimum absolute atomic E-state index is 0.192. The number of esters is 1. The van der Waals surface area contributed by atoms with E-state index in [1.165, 1.54) is 23.8 Å². The van der Waals surface area contributed by atoms with Gasteiger partial charge in [-0.3, -0.25) is 9.69 Å². The monoisotopic (exact) mass is 345 g/mol. The molecule has 0 aliphatic carbocycles. The summed E-state index contributed by atoms with van der Waals surface area (Å²) in [5, 5.41) is 0. The van der Waals surface area contributed by atoms with E-state index in [1.54, 1.807) is 0 Å². The normalized spacial score (nSPS) is 21.9. The van der Waals surface area contributed by atoms with Gasteiger partial charge in [-0.05, 0) is 63.2 Å². The van der Waals surface area contributed by atoms with Crippen molar-refractivity contribution in [2.24, 2.45) is 0 Å². The van der Waals surface area contributed by atoms with Crippen LogP contribution in [0.5, 0.6) is 0 Å². The zero-order valence-corrected chi connectivity index (χ0v) is 16.1. The van der Waals surface area contributed by atoms with Gasteiger partial charge in [0, 0.05) is 13.1 Å². The molecule has 1 aromatic rings. The first-order chi connectivity index (χ1) is 11.6. The molecule has 1 fully saturated rings. The Labute approximate surface area is 150 Å². The molecule has 5 nitrogen and oxygen atoms in total. The van der Waals surface area contributed by atoms with Gasteiger partial charge >= 0.3 is 13.1 Å². The molecule has 0 N–H and O–H groups in total. The lowest BCUT2D eigenvalue weighted by Crippen LogP contribution is -2.41. The molecule has 0 spiro atoms. The molecule has 1 aromatic carbocycles. The average molecular weight is 345 g/mol. The van der Waals surface area contributed by atoms with Gasteiger partial charge < -0.3 is 14.0 Å². The minimum atomic E-state index is -0.356. The molecule has 0 radical (unpaired) electrons. The standard InChI is InChI=1S/C19H28BNO4/c1-13-9-15(20-24-18(2,3)19(4,5)25-20)10-14-11-21(8-7-16(13)14)12-17(22)23-6/h9-10H,7-8,11-12H2,1-6H3. The number of aryl methyl sites for hydroxylation is 1. The number of methoxy groups -OCH3 is 1. The summed E-state index contributed by atoms with van der Waals surface area (Å²) in [6, 6.07) is 4.35. The molecule has 136 valence electrons. The van der Waals surface area contributed by atoms with E-state index in [9.17, 15) is 4.79 Å². The lowest BCUT2D eigenvalue weighted by Gasteiger charge is -2.32. The van der Waals surface area contributed by atoms with Crippen LogP contribution < -0.4 is 5.46 Å². The Balaban J connectivity index is 1.84. The molecule has 0 amide bonds. The molecule has 2 aliphatic heterocycles. The Kier molecular flexibility index (Phi) is 4.73. The number of nitrogens with zero attached hydrogens (tertiary/aromatic N) is 1. The van der Waals surface area contributed by atoms with E-state index in [0.29, 0.717) is 6.54 Å². The van der Waals surface area contributed by atoms with Gasteiger partial charge in [0.1, 0.15) is 0 Å². The summed E-state index contributed by atoms with van der Waals surface area (Å²) < 4.78 is 17.2. The van der Waals surface area contributed by atoms with E-state index in [4.69, 9.17) is 14.0 Å². The highest BCUT2D eigenvalue weighted by molar-refractivity contribution is 6.62. The van der Waals surface area contributed by atoms with Gasteiger partial charge in [-0.25, -0.2) is 0 Å². The maximum absolute atomic E-state index is 11.6. The SMILES string of the molecule is COC(=O)CN1CCc2c(C)cc(B3OC(C)(C)C(C)(C)O3)cc2C1. The van der Waals surface area contributed by atoms with Gasteiger partial charge in [0.2, 0.25) is 0 Å². The van der Waals surface area contributed by atoms with E-state index in [2.05, 4.69) is 51.7 Å². The van der Waals surface area contributed by atoms with Gasteiger partial charge in [-0.15, -0.1) is 0 Å². The fraction of sp³-hybridized carbons (Fsp3) is 0.632. The van der Waals surface area contributed by atoms with Crippen molar-refractivity contribution < 1.29 is 18.8 Å². The molecule has 2 aliphatic rings. The predicted molar refractivity (Wildman–Crippen MR) is 97.9 cm³/mol. The Morgan fingerprint density at radius 1 is 1.24 bits per heavy atom. The van der Waals surface area contributed by atoms with Gasteiger partial charge in [-0.2, -0.15) is 0 Å². The molecule has 1 saturated heterocycles. The van der Waals surface area contributed by atoms with Crippen LogP contribution in [-0.4, -0.2) is 49.4 Å². The van der Waals surface area contributed by atoms with Crippen molar-refractivity contribution in [2.45, 2.75) is 58.8 Å². The third-order valence-electron chi connectivity index (χ3n) is 5.77. The molecule has 0 aromatic heterocycles. The molecular weight excluding hydrogens is 317 g/mol. The average Bonchev–Trinajstić information content (AvgIpc) is 2.75. The van der Waals surface area contributed by atoms with Crippen molar-refractivity contribution in [3.63, 3.8) is 0 Å². The highest BCUT2D eigenvalue weighted by atomic mass is 16.7. The Morgan fingerprint density at radius 2 is 1.88 bits per heavy atom. The first-order valence-electron chi connectivity index (χ1n) is 8.90. The summed E-state index contributed by atoms with van der Waals surface area (Å²) in [5.41, 5.74) is 4.24. The summed E-state index contributed by atoms with van der Waals surface area (Å²) in [7, 11) is 1.07. The van der Waals surface area contributed by atoms with E-state index in [1.807, 2.05) is 0 Å². The number of hydrogen-bond acceptors (Lipinski definition) is 5. The molecule has 0 atom stereocenters. The van der Waals surface area contributed by atoms with Crippen molar-refractivity contribution in [3.05, 3.63) is 28.8 Å². The maximum Gasteiger partial charge on any atom is 0.494 e. The maximum atomic E-state index is 11.6. The zero-order valence-electron chi connectivity index (χ0n) is 16.1. The number of carbonyl (C=O) groups is 1. The highest BCUT2D eigenvalue weighted by Gasteiger charge is 2.51. The number of carbonyl (C=O) groups excluding carboxylic acids is 1. The Morgan fingerprint density at radius 3 is 2.48 bits per heavy atom. The van der Waals surface area contributed by atoms with Crippen LogP contribution in [0.4, 0.5) is 0 Å². The predicted octanol–water partition coefficient (Wildman–Crippen LogP) is 1.83. The van der Waals surface area contributed by atoms with Crippen LogP contribution in [0, 0.1) is 6.92 Å². The smallest absolute Gasteiger partial charge is 0.468 e. The third-order valence-corrected chi connectivity index (χ3v) is 5.77. The summed E-state index contributed by atoms with van der Waals surface area (Å²) in [4.78, 5) is 13.7. The van der Waals surface area contributed by atoms with Crippen LogP contribution >= 0.6 is 0 Å². The summed E-state index contributed by atoms with van der Waals surface area (Å²) in [6.45, 7) is 12.4. The van der Waals surface area contributed by atoms with Gasteiger partial charge in [0.05, 0.1) is 24.9 Å². The summed E-state index contributed by atoms with van der Waals surface area (Å²) >= 11 is 0. The number of ether oxygens (including phenoxy) is 1. The molecule has 0 bridgehead atoms. The van der Waals surface area contributed by atoms with Gasteiger partial charge in [0.15, 0.2) is 0 Å². The molecule has 0 unspecified atom stereocenters. The van der Waals surface area contributed by atoms with Crippen molar-refractivity contribution in [1.29, 1.82) is 0 Å². The van der Waals surface area contributed by atoms with E-state index >= 15 is 0 Å². The van der Waals surface area contributed by atoms with Crippen LogP contribution in [-0.2, 0) is 31.8 Å². The number of fused-ring (bicyclic) bond motifs is 1. The van der Waals surface area contributed by atoms with Crippen molar-refractivity contribution in [3.8, 4) is 0 Å². The van der Waals surface area contributed by atoms with Crippen LogP contribution in [0.3, 0.4) is 0 Å². The van der Waals surface area contributed by atoms with Crippen LogP contribution in [0.15, 0.2) is 12.1 Å². The molecular formula is C19H28BNO4. The second-order valence-electron chi connectivity index (χ2n) is 8.10. The van der Waals surface area contributed by atoms with Crippen molar-refractivity contribution in [2.75, 3.05) is 20.2 Å². The fourth-order valence-electron chi connectivity index (χ4n) is 3.51. The van der Waals surface area contributed by atoms with Crippen LogP contribution in [0.1, 0.15) is 44.4 Å². The molecule has 6 heteroatoms. The van der Waals surface area contributed by atoms with Gasteiger partial charge in [0.25, 0.3) is 0 Å². The van der Waals surface area contributed by atoms with Crippen molar-refractivity contribution in [1.82, 2.24) is 4.90 Å². The Bertz CT molecular complexity index is 670. The molecule has 2 heterocycles. The van der Waals surface area contributed by atoms with E-state index < -0.39 is 0 Å². The summed E-state index contributed by atoms with van der Waals surface area (Å²) in [6.07, 6.45) is 0.946. The summed E-state index contributed by atoms with van der Waals surface area (Å²) in [5.74, 6) is -0.192.